The normalized spacial score (nSPS) is 12.9. The van der Waals surface area contributed by atoms with E-state index in [9.17, 15) is 5.11 Å². The summed E-state index contributed by atoms with van der Waals surface area (Å²) in [4.78, 5) is 6.37. The Morgan fingerprint density at radius 2 is 1.65 bits per heavy atom. The van der Waals surface area contributed by atoms with Gasteiger partial charge in [-0.2, -0.15) is 0 Å². The van der Waals surface area contributed by atoms with E-state index < -0.39 is 0 Å². The fraction of sp³-hybridized carbons (Fsp3) is 0.192. The van der Waals surface area contributed by atoms with Crippen molar-refractivity contribution in [1.82, 2.24) is 15.2 Å². The van der Waals surface area contributed by atoms with Crippen LogP contribution in [0.2, 0.25) is 0 Å². The van der Waals surface area contributed by atoms with Gasteiger partial charge in [0.05, 0.1) is 23.6 Å². The van der Waals surface area contributed by atoms with Crippen LogP contribution in [-0.4, -0.2) is 20.3 Å². The van der Waals surface area contributed by atoms with E-state index in [0.717, 1.165) is 23.4 Å². The Morgan fingerprint density at radius 1 is 0.806 bits per heavy atom. The number of benzene rings is 2. The minimum absolute atomic E-state index is 0.194. The number of aryl methyl sites for hydroxylation is 2. The summed E-state index contributed by atoms with van der Waals surface area (Å²) in [7, 11) is 0. The van der Waals surface area contributed by atoms with Gasteiger partial charge in [0.15, 0.2) is 5.82 Å². The van der Waals surface area contributed by atoms with Crippen LogP contribution in [0, 0.1) is 0 Å². The largest absolute Gasteiger partial charge is 0.506 e. The van der Waals surface area contributed by atoms with Gasteiger partial charge < -0.3 is 10.0 Å². The highest BCUT2D eigenvalue weighted by Crippen LogP contribution is 2.33. The molecule has 0 radical (unpaired) electrons. The minimum Gasteiger partial charge on any atom is -0.506 e. The third kappa shape index (κ3) is 4.12. The Bertz CT molecular complexity index is 1180. The molecule has 2 aromatic carbocycles. The highest BCUT2D eigenvalue weighted by molar-refractivity contribution is 5.68. The van der Waals surface area contributed by atoms with Crippen molar-refractivity contribution in [1.29, 1.82) is 0 Å². The lowest BCUT2D eigenvalue weighted by atomic mass is 9.90. The zero-order chi connectivity index (χ0) is 21.0. The molecule has 2 aromatic heterocycles. The lowest BCUT2D eigenvalue weighted by Crippen LogP contribution is -2.19. The maximum absolute atomic E-state index is 10.5. The molecule has 5 rings (SSSR count). The second-order valence-electron chi connectivity index (χ2n) is 7.86. The van der Waals surface area contributed by atoms with E-state index >= 15 is 0 Å². The Balaban J connectivity index is 1.48. The van der Waals surface area contributed by atoms with Crippen molar-refractivity contribution >= 4 is 11.5 Å². The predicted molar refractivity (Wildman–Crippen MR) is 122 cm³/mol. The average molecular weight is 409 g/mol. The van der Waals surface area contributed by atoms with Crippen molar-refractivity contribution < 1.29 is 5.11 Å². The first-order valence-corrected chi connectivity index (χ1v) is 10.7. The number of hydrogen-bond acceptors (Lipinski definition) is 5. The number of pyridine rings is 1. The number of phenols is 1. The van der Waals surface area contributed by atoms with Gasteiger partial charge >= 0.3 is 0 Å². The highest BCUT2D eigenvalue weighted by Gasteiger charge is 2.17. The highest BCUT2D eigenvalue weighted by atomic mass is 16.3. The summed E-state index contributed by atoms with van der Waals surface area (Å²) < 4.78 is 0. The Hall–Kier alpha value is -3.73. The molecule has 2 heterocycles. The van der Waals surface area contributed by atoms with Gasteiger partial charge in [-0.15, -0.1) is 10.2 Å². The van der Waals surface area contributed by atoms with E-state index in [0.29, 0.717) is 18.1 Å². The van der Waals surface area contributed by atoms with Crippen molar-refractivity contribution in [3.63, 3.8) is 0 Å². The van der Waals surface area contributed by atoms with E-state index in [1.165, 1.54) is 30.4 Å². The van der Waals surface area contributed by atoms with Crippen molar-refractivity contribution in [2.45, 2.75) is 32.2 Å². The van der Waals surface area contributed by atoms with Gasteiger partial charge in [-0.25, -0.2) is 0 Å². The van der Waals surface area contributed by atoms with Gasteiger partial charge in [0, 0.05) is 11.8 Å². The molecule has 0 aliphatic heterocycles. The standard InChI is InChI=1S/C26H24N4O/c31-25-11-4-3-10-24(25)30(18-22-9-5-6-16-27-22)26-15-14-23(28-29-26)21-13-12-19-7-1-2-8-20(19)17-21/h3-6,9-17,31H,1-2,7-8,18H2. The van der Waals surface area contributed by atoms with Crippen molar-refractivity contribution in [3.8, 4) is 17.0 Å². The van der Waals surface area contributed by atoms with E-state index in [1.54, 1.807) is 12.3 Å². The van der Waals surface area contributed by atoms with Crippen LogP contribution in [0.15, 0.2) is 79.0 Å². The molecule has 154 valence electrons. The molecule has 31 heavy (non-hydrogen) atoms. The van der Waals surface area contributed by atoms with Gasteiger partial charge in [0.25, 0.3) is 0 Å². The van der Waals surface area contributed by atoms with Crippen LogP contribution in [-0.2, 0) is 19.4 Å². The summed E-state index contributed by atoms with van der Waals surface area (Å²) in [6.45, 7) is 0.477. The zero-order valence-corrected chi connectivity index (χ0v) is 17.3. The smallest absolute Gasteiger partial charge is 0.156 e. The molecule has 5 nitrogen and oxygen atoms in total. The molecule has 0 atom stereocenters. The van der Waals surface area contributed by atoms with Crippen LogP contribution >= 0.6 is 0 Å². The average Bonchev–Trinajstić information content (AvgIpc) is 2.84. The second-order valence-corrected chi connectivity index (χ2v) is 7.86. The molecule has 1 aliphatic rings. The molecule has 5 heteroatoms. The summed E-state index contributed by atoms with van der Waals surface area (Å²) in [5, 5.41) is 19.5. The number of fused-ring (bicyclic) bond motifs is 1. The molecule has 0 amide bonds. The zero-order valence-electron chi connectivity index (χ0n) is 17.3. The number of nitrogens with zero attached hydrogens (tertiary/aromatic N) is 4. The van der Waals surface area contributed by atoms with Crippen molar-refractivity contribution in [3.05, 3.63) is 95.8 Å². The lowest BCUT2D eigenvalue weighted by Gasteiger charge is -2.24. The molecule has 4 aromatic rings. The molecule has 0 unspecified atom stereocenters. The van der Waals surface area contributed by atoms with E-state index in [1.807, 2.05) is 53.4 Å². The van der Waals surface area contributed by atoms with Gasteiger partial charge in [-0.05, 0) is 79.3 Å². The minimum atomic E-state index is 0.194. The number of hydrogen-bond donors (Lipinski definition) is 1. The van der Waals surface area contributed by atoms with E-state index in [4.69, 9.17) is 0 Å². The topological polar surface area (TPSA) is 62.1 Å². The lowest BCUT2D eigenvalue weighted by molar-refractivity contribution is 0.475. The maximum atomic E-state index is 10.5. The molecular formula is C26H24N4O. The molecule has 0 fully saturated rings. The first-order chi connectivity index (χ1) is 15.3. The molecular weight excluding hydrogens is 384 g/mol. The molecule has 0 bridgehead atoms. The third-order valence-corrected chi connectivity index (χ3v) is 5.79. The third-order valence-electron chi connectivity index (χ3n) is 5.79. The van der Waals surface area contributed by atoms with Crippen molar-refractivity contribution in [2.24, 2.45) is 0 Å². The fourth-order valence-corrected chi connectivity index (χ4v) is 4.15. The summed E-state index contributed by atoms with van der Waals surface area (Å²) in [5.74, 6) is 0.854. The number of anilines is 2. The SMILES string of the molecule is Oc1ccccc1N(Cc1ccccn1)c1ccc(-c2ccc3c(c2)CCCC3)nn1. The van der Waals surface area contributed by atoms with Crippen LogP contribution in [0.4, 0.5) is 11.5 Å². The van der Waals surface area contributed by atoms with Gasteiger partial charge in [-0.3, -0.25) is 4.98 Å². The first-order valence-electron chi connectivity index (χ1n) is 10.7. The monoisotopic (exact) mass is 408 g/mol. The fourth-order valence-electron chi connectivity index (χ4n) is 4.15. The number of para-hydroxylation sites is 2. The Morgan fingerprint density at radius 3 is 2.42 bits per heavy atom. The molecule has 0 saturated carbocycles. The summed E-state index contributed by atoms with van der Waals surface area (Å²) in [5.41, 5.74) is 6.39. The molecule has 0 spiro atoms. The number of aromatic nitrogens is 3. The van der Waals surface area contributed by atoms with Gasteiger partial charge in [-0.1, -0.05) is 30.3 Å². The number of aromatic hydroxyl groups is 1. The quantitative estimate of drug-likeness (QED) is 0.475. The van der Waals surface area contributed by atoms with E-state index in [-0.39, 0.29) is 5.75 Å². The van der Waals surface area contributed by atoms with Crippen LogP contribution in [0.1, 0.15) is 29.7 Å². The van der Waals surface area contributed by atoms with Crippen molar-refractivity contribution in [2.75, 3.05) is 4.90 Å². The second kappa shape index (κ2) is 8.56. The van der Waals surface area contributed by atoms with Crippen LogP contribution < -0.4 is 4.90 Å². The molecule has 1 aliphatic carbocycles. The van der Waals surface area contributed by atoms with Crippen LogP contribution in [0.5, 0.6) is 5.75 Å². The van der Waals surface area contributed by atoms with Gasteiger partial charge in [0.2, 0.25) is 0 Å². The van der Waals surface area contributed by atoms with Crippen LogP contribution in [0.3, 0.4) is 0 Å². The molecule has 1 N–H and O–H groups in total. The van der Waals surface area contributed by atoms with Gasteiger partial charge in [0.1, 0.15) is 5.75 Å². The summed E-state index contributed by atoms with van der Waals surface area (Å²) >= 11 is 0. The summed E-state index contributed by atoms with van der Waals surface area (Å²) in [6.07, 6.45) is 6.61. The maximum Gasteiger partial charge on any atom is 0.156 e. The number of phenolic OH excluding ortho intramolecular Hbond substituents is 1. The Kier molecular flexibility index (Phi) is 5.31. The predicted octanol–water partition coefficient (Wildman–Crippen LogP) is 5.46. The number of rotatable bonds is 5. The summed E-state index contributed by atoms with van der Waals surface area (Å²) in [6, 6.07) is 23.6. The van der Waals surface area contributed by atoms with Crippen LogP contribution in [0.25, 0.3) is 11.3 Å². The Labute approximate surface area is 182 Å². The van der Waals surface area contributed by atoms with E-state index in [2.05, 4.69) is 33.4 Å². The molecule has 0 saturated heterocycles. The first kappa shape index (κ1) is 19.2.